The van der Waals surface area contributed by atoms with Gasteiger partial charge in [-0.25, -0.2) is 0 Å². The number of ether oxygens (including phenoxy) is 1. The van der Waals surface area contributed by atoms with E-state index in [0.717, 1.165) is 40.8 Å². The Morgan fingerprint density at radius 1 is 1.39 bits per heavy atom. The first-order valence-electron chi connectivity index (χ1n) is 5.99. The van der Waals surface area contributed by atoms with E-state index in [0.29, 0.717) is 13.1 Å². The molecule has 6 heteroatoms. The van der Waals surface area contributed by atoms with Gasteiger partial charge in [0.1, 0.15) is 5.69 Å². The number of aromatic nitrogens is 1. The van der Waals surface area contributed by atoms with E-state index in [1.54, 1.807) is 0 Å². The number of thiazole rings is 1. The molecule has 0 amide bonds. The molecule has 2 aliphatic rings. The first kappa shape index (κ1) is 12.2. The van der Waals surface area contributed by atoms with E-state index < -0.39 is 0 Å². The highest BCUT2D eigenvalue weighted by Gasteiger charge is 2.22. The molecule has 1 fully saturated rings. The summed E-state index contributed by atoms with van der Waals surface area (Å²) in [4.78, 5) is 15.3. The number of hydrogen-bond acceptors (Lipinski definition) is 5. The molecule has 0 saturated carbocycles. The van der Waals surface area contributed by atoms with E-state index in [-0.39, 0.29) is 5.78 Å². The van der Waals surface area contributed by atoms with Crippen LogP contribution < -0.4 is 0 Å². The Morgan fingerprint density at radius 3 is 2.94 bits per heavy atom. The van der Waals surface area contributed by atoms with Crippen molar-refractivity contribution in [3.05, 3.63) is 20.6 Å². The molecule has 0 radical (unpaired) electrons. The third-order valence-corrected chi connectivity index (χ3v) is 4.62. The second kappa shape index (κ2) is 5.05. The van der Waals surface area contributed by atoms with E-state index >= 15 is 0 Å². The zero-order valence-corrected chi connectivity index (χ0v) is 11.6. The van der Waals surface area contributed by atoms with Crippen LogP contribution in [0.25, 0.3) is 6.08 Å². The van der Waals surface area contributed by atoms with Crippen LogP contribution >= 0.6 is 23.6 Å². The minimum Gasteiger partial charge on any atom is -0.379 e. The van der Waals surface area contributed by atoms with Gasteiger partial charge in [-0.15, -0.1) is 11.3 Å². The molecule has 3 rings (SSSR count). The van der Waals surface area contributed by atoms with Crippen molar-refractivity contribution in [3.63, 3.8) is 0 Å². The largest absolute Gasteiger partial charge is 0.379 e. The highest BCUT2D eigenvalue weighted by atomic mass is 32.1. The molecule has 1 aromatic rings. The van der Waals surface area contributed by atoms with Gasteiger partial charge in [0, 0.05) is 19.5 Å². The standard InChI is InChI=1S/C12H14N2O2S2/c15-9-2-1-3-10-11(9)14(12(17)18-10)8-13-4-6-16-7-5-13/h1,3H,2,4-8H2. The number of Topliss-reactive ketones (excluding diaryl/α,β-unsaturated/α-hetero) is 1. The lowest BCUT2D eigenvalue weighted by Gasteiger charge is -2.27. The lowest BCUT2D eigenvalue weighted by Crippen LogP contribution is -2.38. The lowest BCUT2D eigenvalue weighted by atomic mass is 10.1. The predicted molar refractivity (Wildman–Crippen MR) is 73.5 cm³/mol. The van der Waals surface area contributed by atoms with Crippen molar-refractivity contribution in [2.75, 3.05) is 26.3 Å². The Balaban J connectivity index is 1.92. The van der Waals surface area contributed by atoms with E-state index in [1.807, 2.05) is 16.7 Å². The summed E-state index contributed by atoms with van der Waals surface area (Å²) in [5.41, 5.74) is 0.791. The van der Waals surface area contributed by atoms with Crippen LogP contribution in [0.5, 0.6) is 0 Å². The maximum Gasteiger partial charge on any atom is 0.184 e. The first-order chi connectivity index (χ1) is 8.75. The molecule has 0 N–H and O–H groups in total. The Morgan fingerprint density at radius 2 is 2.17 bits per heavy atom. The summed E-state index contributed by atoms with van der Waals surface area (Å²) in [6, 6.07) is 0. The van der Waals surface area contributed by atoms with Crippen LogP contribution in [0.1, 0.15) is 21.8 Å². The zero-order chi connectivity index (χ0) is 12.5. The topological polar surface area (TPSA) is 34.5 Å². The minimum atomic E-state index is 0.174. The molecule has 1 aliphatic carbocycles. The molecule has 4 nitrogen and oxygen atoms in total. The van der Waals surface area contributed by atoms with Gasteiger partial charge in [0.25, 0.3) is 0 Å². The van der Waals surface area contributed by atoms with Crippen LogP contribution in [0.4, 0.5) is 0 Å². The van der Waals surface area contributed by atoms with E-state index in [4.69, 9.17) is 17.0 Å². The smallest absolute Gasteiger partial charge is 0.184 e. The highest BCUT2D eigenvalue weighted by Crippen LogP contribution is 2.26. The molecule has 1 aromatic heterocycles. The van der Waals surface area contributed by atoms with Crippen molar-refractivity contribution < 1.29 is 9.53 Å². The molecule has 0 atom stereocenters. The van der Waals surface area contributed by atoms with Crippen molar-refractivity contribution in [3.8, 4) is 0 Å². The average molecular weight is 282 g/mol. The summed E-state index contributed by atoms with van der Waals surface area (Å²) in [6.45, 7) is 4.02. The van der Waals surface area contributed by atoms with Gasteiger partial charge in [0.15, 0.2) is 9.74 Å². The molecular formula is C12H14N2O2S2. The molecule has 96 valence electrons. The van der Waals surface area contributed by atoms with Gasteiger partial charge >= 0.3 is 0 Å². The molecule has 0 unspecified atom stereocenters. The summed E-state index contributed by atoms with van der Waals surface area (Å²) >= 11 is 6.90. The second-order valence-corrected chi connectivity index (χ2v) is 6.09. The monoisotopic (exact) mass is 282 g/mol. The Hall–Kier alpha value is -0.820. The summed E-state index contributed by atoms with van der Waals surface area (Å²) in [5.74, 6) is 0.174. The number of carbonyl (C=O) groups is 1. The zero-order valence-electron chi connectivity index (χ0n) is 9.92. The summed E-state index contributed by atoms with van der Waals surface area (Å²) < 4.78 is 8.09. The van der Waals surface area contributed by atoms with Gasteiger partial charge in [-0.2, -0.15) is 0 Å². The quantitative estimate of drug-likeness (QED) is 0.779. The fraction of sp³-hybridized carbons (Fsp3) is 0.500. The second-order valence-electron chi connectivity index (χ2n) is 4.41. The summed E-state index contributed by atoms with van der Waals surface area (Å²) in [7, 11) is 0. The Bertz CT molecular complexity index is 553. The molecule has 0 aromatic carbocycles. The van der Waals surface area contributed by atoms with Crippen molar-refractivity contribution in [2.45, 2.75) is 13.1 Å². The molecule has 0 bridgehead atoms. The predicted octanol–water partition coefficient (Wildman–Crippen LogP) is 2.17. The molecule has 18 heavy (non-hydrogen) atoms. The van der Waals surface area contributed by atoms with Gasteiger partial charge in [0.2, 0.25) is 0 Å². The molecule has 1 saturated heterocycles. The van der Waals surface area contributed by atoms with Crippen molar-refractivity contribution in [1.82, 2.24) is 9.47 Å². The van der Waals surface area contributed by atoms with Crippen LogP contribution in [-0.4, -0.2) is 41.6 Å². The molecule has 1 aliphatic heterocycles. The van der Waals surface area contributed by atoms with Crippen LogP contribution in [0.2, 0.25) is 0 Å². The van der Waals surface area contributed by atoms with Gasteiger partial charge in [0.05, 0.1) is 24.8 Å². The third kappa shape index (κ3) is 2.21. The van der Waals surface area contributed by atoms with Crippen LogP contribution in [0.3, 0.4) is 0 Å². The van der Waals surface area contributed by atoms with E-state index in [1.165, 1.54) is 11.3 Å². The van der Waals surface area contributed by atoms with E-state index in [2.05, 4.69) is 4.90 Å². The average Bonchev–Trinajstić information content (AvgIpc) is 2.69. The molecule has 0 spiro atoms. The number of hydrogen-bond donors (Lipinski definition) is 0. The number of carbonyl (C=O) groups excluding carboxylic acids is 1. The summed E-state index contributed by atoms with van der Waals surface area (Å²) in [5, 5.41) is 0. The Labute approximate surface area is 114 Å². The van der Waals surface area contributed by atoms with Crippen molar-refractivity contribution in [1.29, 1.82) is 0 Å². The normalized spacial score (nSPS) is 20.1. The fourth-order valence-electron chi connectivity index (χ4n) is 2.26. The fourth-order valence-corrected chi connectivity index (χ4v) is 3.61. The first-order valence-corrected chi connectivity index (χ1v) is 7.21. The van der Waals surface area contributed by atoms with Gasteiger partial charge in [-0.1, -0.05) is 6.08 Å². The van der Waals surface area contributed by atoms with Crippen LogP contribution in [0.15, 0.2) is 6.08 Å². The number of nitrogens with zero attached hydrogens (tertiary/aromatic N) is 2. The number of allylic oxidation sites excluding steroid dienone is 1. The van der Waals surface area contributed by atoms with E-state index in [9.17, 15) is 4.79 Å². The van der Waals surface area contributed by atoms with Crippen LogP contribution in [0, 0.1) is 3.95 Å². The third-order valence-electron chi connectivity index (χ3n) is 3.20. The number of ketones is 1. The maximum absolute atomic E-state index is 12.0. The number of fused-ring (bicyclic) bond motifs is 1. The number of morpholine rings is 1. The summed E-state index contributed by atoms with van der Waals surface area (Å²) in [6.07, 6.45) is 4.41. The van der Waals surface area contributed by atoms with Gasteiger partial charge in [-0.05, 0) is 18.3 Å². The number of rotatable bonds is 2. The highest BCUT2D eigenvalue weighted by molar-refractivity contribution is 7.73. The minimum absolute atomic E-state index is 0.174. The van der Waals surface area contributed by atoms with Crippen molar-refractivity contribution in [2.24, 2.45) is 0 Å². The lowest BCUT2D eigenvalue weighted by molar-refractivity contribution is 0.0230. The van der Waals surface area contributed by atoms with Crippen LogP contribution in [-0.2, 0) is 11.4 Å². The van der Waals surface area contributed by atoms with Gasteiger partial charge < -0.3 is 9.30 Å². The maximum atomic E-state index is 12.0. The van der Waals surface area contributed by atoms with Gasteiger partial charge in [-0.3, -0.25) is 9.69 Å². The Kier molecular flexibility index (Phi) is 3.43. The molecular weight excluding hydrogens is 268 g/mol. The SMILES string of the molecule is O=C1CC=Cc2sc(=S)n(CN3CCOCC3)c21. The van der Waals surface area contributed by atoms with Crippen molar-refractivity contribution >= 4 is 35.4 Å². The molecule has 2 heterocycles.